The van der Waals surface area contributed by atoms with Gasteiger partial charge in [-0.15, -0.1) is 0 Å². The Kier molecular flexibility index (Phi) is 6.07. The predicted octanol–water partition coefficient (Wildman–Crippen LogP) is 3.86. The molecule has 0 aliphatic rings. The van der Waals surface area contributed by atoms with Gasteiger partial charge in [-0.3, -0.25) is 9.78 Å². The van der Waals surface area contributed by atoms with Crippen LogP contribution in [0.3, 0.4) is 0 Å². The van der Waals surface area contributed by atoms with Crippen molar-refractivity contribution in [1.82, 2.24) is 15.0 Å². The number of halogens is 1. The lowest BCUT2D eigenvalue weighted by Gasteiger charge is -2.06. The molecule has 3 aromatic rings. The number of benzene rings is 1. The smallest absolute Gasteiger partial charge is 0.306 e. The Morgan fingerprint density at radius 1 is 1.27 bits per heavy atom. The number of aromatic amines is 1. The van der Waals surface area contributed by atoms with Gasteiger partial charge < -0.3 is 14.5 Å². The molecule has 2 heterocycles. The van der Waals surface area contributed by atoms with Gasteiger partial charge >= 0.3 is 5.97 Å². The number of esters is 1. The number of ether oxygens (including phenoxy) is 2. The lowest BCUT2D eigenvalue weighted by atomic mass is 10.1. The summed E-state index contributed by atoms with van der Waals surface area (Å²) in [4.78, 5) is 23.0. The first-order chi connectivity index (χ1) is 12.6. The molecule has 0 aliphatic heterocycles. The second-order valence-electron chi connectivity index (χ2n) is 5.97. The van der Waals surface area contributed by atoms with E-state index in [1.165, 1.54) is 18.0 Å². The number of carbonyl (C=O) groups is 1. The van der Waals surface area contributed by atoms with Crippen LogP contribution in [0.1, 0.15) is 24.0 Å². The summed E-state index contributed by atoms with van der Waals surface area (Å²) in [5.41, 5.74) is 3.42. The van der Waals surface area contributed by atoms with E-state index in [0.717, 1.165) is 16.5 Å². The number of H-pyrrole nitrogens is 1. The van der Waals surface area contributed by atoms with Gasteiger partial charge in [-0.1, -0.05) is 23.7 Å². The third-order valence-electron chi connectivity index (χ3n) is 3.91. The molecule has 0 atom stereocenters. The molecule has 1 aromatic carbocycles. The molecule has 0 bridgehead atoms. The molecule has 0 unspecified atom stereocenters. The molecule has 0 aliphatic carbocycles. The second-order valence-corrected chi connectivity index (χ2v) is 6.35. The molecule has 0 saturated carbocycles. The highest BCUT2D eigenvalue weighted by Gasteiger charge is 2.08. The monoisotopic (exact) mass is 373 g/mol. The van der Waals surface area contributed by atoms with E-state index >= 15 is 0 Å². The van der Waals surface area contributed by atoms with Crippen LogP contribution in [0.25, 0.3) is 10.9 Å². The van der Waals surface area contributed by atoms with Gasteiger partial charge in [-0.2, -0.15) is 4.98 Å². The Balaban J connectivity index is 1.36. The van der Waals surface area contributed by atoms with Gasteiger partial charge in [0.15, 0.2) is 5.15 Å². The zero-order valence-corrected chi connectivity index (χ0v) is 15.3. The fraction of sp³-hybridized carbons (Fsp3) is 0.316. The van der Waals surface area contributed by atoms with E-state index in [2.05, 4.69) is 40.1 Å². The van der Waals surface area contributed by atoms with Crippen molar-refractivity contribution in [2.75, 3.05) is 13.2 Å². The Bertz CT molecular complexity index is 895. The van der Waals surface area contributed by atoms with Gasteiger partial charge in [0.25, 0.3) is 0 Å². The average Bonchev–Trinajstić information content (AvgIpc) is 3.01. The van der Waals surface area contributed by atoms with Gasteiger partial charge in [-0.05, 0) is 30.5 Å². The Labute approximate surface area is 156 Å². The molecular formula is C19H20ClN3O3. The van der Waals surface area contributed by atoms with Crippen molar-refractivity contribution in [1.29, 1.82) is 0 Å². The molecule has 3 rings (SSSR count). The standard InChI is InChI=1S/C19H20ClN3O3/c1-13-3-5-15-14(10-22-16(15)9-13)4-6-19(24)26-8-2-7-25-18-12-21-11-17(20)23-18/h3,5,9-12,22H,2,4,6-8H2,1H3. The van der Waals surface area contributed by atoms with Crippen molar-refractivity contribution < 1.29 is 14.3 Å². The Morgan fingerprint density at radius 2 is 2.15 bits per heavy atom. The van der Waals surface area contributed by atoms with Gasteiger partial charge in [-0.25, -0.2) is 0 Å². The zero-order valence-electron chi connectivity index (χ0n) is 14.5. The number of carbonyl (C=O) groups excluding carboxylic acids is 1. The first kappa shape index (κ1) is 18.2. The van der Waals surface area contributed by atoms with Crippen LogP contribution in [0.2, 0.25) is 5.15 Å². The van der Waals surface area contributed by atoms with Crippen molar-refractivity contribution in [2.24, 2.45) is 0 Å². The minimum atomic E-state index is -0.214. The number of nitrogens with zero attached hydrogens (tertiary/aromatic N) is 2. The van der Waals surface area contributed by atoms with E-state index in [9.17, 15) is 4.79 Å². The molecule has 26 heavy (non-hydrogen) atoms. The largest absolute Gasteiger partial charge is 0.476 e. The predicted molar refractivity (Wildman–Crippen MR) is 99.5 cm³/mol. The van der Waals surface area contributed by atoms with Crippen LogP contribution in [0, 0.1) is 6.92 Å². The first-order valence-corrected chi connectivity index (χ1v) is 8.82. The van der Waals surface area contributed by atoms with E-state index in [1.807, 2.05) is 6.20 Å². The maximum absolute atomic E-state index is 11.9. The normalized spacial score (nSPS) is 10.8. The molecule has 0 amide bonds. The topological polar surface area (TPSA) is 77.1 Å². The van der Waals surface area contributed by atoms with Gasteiger partial charge in [0.2, 0.25) is 5.88 Å². The fourth-order valence-corrected chi connectivity index (χ4v) is 2.77. The summed E-state index contributed by atoms with van der Waals surface area (Å²) < 4.78 is 10.6. The number of rotatable bonds is 8. The fourth-order valence-electron chi connectivity index (χ4n) is 2.63. The summed E-state index contributed by atoms with van der Waals surface area (Å²) in [7, 11) is 0. The minimum Gasteiger partial charge on any atom is -0.476 e. The SMILES string of the molecule is Cc1ccc2c(CCC(=O)OCCCOc3cncc(Cl)n3)c[nH]c2c1. The molecule has 2 aromatic heterocycles. The third kappa shape index (κ3) is 4.95. The quantitative estimate of drug-likeness (QED) is 0.479. The summed E-state index contributed by atoms with van der Waals surface area (Å²) in [5.74, 6) is 0.146. The van der Waals surface area contributed by atoms with Gasteiger partial charge in [0, 0.05) is 29.9 Å². The van der Waals surface area contributed by atoms with Crippen LogP contribution in [0.5, 0.6) is 5.88 Å². The molecule has 0 spiro atoms. The molecule has 0 radical (unpaired) electrons. The maximum atomic E-state index is 11.9. The van der Waals surface area contributed by atoms with E-state index < -0.39 is 0 Å². The van der Waals surface area contributed by atoms with E-state index in [1.54, 1.807) is 0 Å². The molecular weight excluding hydrogens is 354 g/mol. The Morgan fingerprint density at radius 3 is 3.00 bits per heavy atom. The summed E-state index contributed by atoms with van der Waals surface area (Å²) in [6.07, 6.45) is 6.45. The van der Waals surface area contributed by atoms with Crippen molar-refractivity contribution in [3.63, 3.8) is 0 Å². The number of fused-ring (bicyclic) bond motifs is 1. The Hall–Kier alpha value is -2.60. The van der Waals surface area contributed by atoms with Crippen LogP contribution >= 0.6 is 11.6 Å². The average molecular weight is 374 g/mol. The summed E-state index contributed by atoms with van der Waals surface area (Å²) in [6.45, 7) is 2.74. The minimum absolute atomic E-state index is 0.214. The summed E-state index contributed by atoms with van der Waals surface area (Å²) >= 11 is 5.72. The molecule has 7 heteroatoms. The van der Waals surface area contributed by atoms with Gasteiger partial charge in [0.05, 0.1) is 25.6 Å². The highest BCUT2D eigenvalue weighted by molar-refractivity contribution is 6.29. The second kappa shape index (κ2) is 8.67. The lowest BCUT2D eigenvalue weighted by molar-refractivity contribution is -0.143. The van der Waals surface area contributed by atoms with E-state index in [4.69, 9.17) is 21.1 Å². The van der Waals surface area contributed by atoms with Crippen molar-refractivity contribution in [3.8, 4) is 5.88 Å². The van der Waals surface area contributed by atoms with E-state index in [-0.39, 0.29) is 11.1 Å². The molecule has 1 N–H and O–H groups in total. The highest BCUT2D eigenvalue weighted by atomic mass is 35.5. The van der Waals surface area contributed by atoms with Crippen LogP contribution in [-0.4, -0.2) is 34.1 Å². The van der Waals surface area contributed by atoms with Crippen LogP contribution in [0.4, 0.5) is 0 Å². The first-order valence-electron chi connectivity index (χ1n) is 8.44. The number of aromatic nitrogens is 3. The van der Waals surface area contributed by atoms with Crippen molar-refractivity contribution in [2.45, 2.75) is 26.2 Å². The molecule has 6 nitrogen and oxygen atoms in total. The van der Waals surface area contributed by atoms with Crippen LogP contribution in [0.15, 0.2) is 36.8 Å². The number of aryl methyl sites for hydroxylation is 2. The van der Waals surface area contributed by atoms with Crippen molar-refractivity contribution >= 4 is 28.5 Å². The van der Waals surface area contributed by atoms with Crippen LogP contribution in [-0.2, 0) is 16.0 Å². The molecule has 0 fully saturated rings. The number of hydrogen-bond donors (Lipinski definition) is 1. The van der Waals surface area contributed by atoms with E-state index in [0.29, 0.717) is 38.4 Å². The van der Waals surface area contributed by atoms with Crippen LogP contribution < -0.4 is 4.74 Å². The third-order valence-corrected chi connectivity index (χ3v) is 4.09. The maximum Gasteiger partial charge on any atom is 0.306 e. The number of nitrogens with one attached hydrogen (secondary N) is 1. The van der Waals surface area contributed by atoms with Gasteiger partial charge in [0.1, 0.15) is 0 Å². The van der Waals surface area contributed by atoms with Crippen molar-refractivity contribution in [3.05, 3.63) is 53.1 Å². The zero-order chi connectivity index (χ0) is 18.4. The highest BCUT2D eigenvalue weighted by Crippen LogP contribution is 2.20. The summed E-state index contributed by atoms with van der Waals surface area (Å²) in [5, 5.41) is 1.43. The molecule has 136 valence electrons. The molecule has 0 saturated heterocycles. The summed E-state index contributed by atoms with van der Waals surface area (Å²) in [6, 6.07) is 6.25. The lowest BCUT2D eigenvalue weighted by Crippen LogP contribution is -2.10. The number of hydrogen-bond acceptors (Lipinski definition) is 5.